The number of aryl methyl sites for hydroxylation is 2. The van der Waals surface area contributed by atoms with Gasteiger partial charge in [-0.15, -0.1) is 0 Å². The monoisotopic (exact) mass is 334 g/mol. The van der Waals surface area contributed by atoms with Gasteiger partial charge >= 0.3 is 5.97 Å². The summed E-state index contributed by atoms with van der Waals surface area (Å²) < 4.78 is 0. The maximum atomic E-state index is 10.9. The van der Waals surface area contributed by atoms with Crippen molar-refractivity contribution in [2.45, 2.75) is 85.5 Å². The van der Waals surface area contributed by atoms with Crippen molar-refractivity contribution < 1.29 is 15.0 Å². The first-order chi connectivity index (χ1) is 11.0. The van der Waals surface area contributed by atoms with Crippen molar-refractivity contribution in [3.05, 3.63) is 28.8 Å². The standard InChI is InChI=1S/C21H34O3/c1-7-8-9-16-12-15(10-11-18(22)23)13-17(19(16)24)21(5,6)14-20(2,3)4/h12-13,24H,7-11,14H2,1-6H3,(H,22,23). The van der Waals surface area contributed by atoms with Gasteiger partial charge in [0.25, 0.3) is 0 Å². The molecule has 0 aliphatic rings. The summed E-state index contributed by atoms with van der Waals surface area (Å²) in [5, 5.41) is 19.8. The Morgan fingerprint density at radius 1 is 1.08 bits per heavy atom. The van der Waals surface area contributed by atoms with Crippen LogP contribution in [-0.2, 0) is 23.1 Å². The first kappa shape index (κ1) is 20.5. The van der Waals surface area contributed by atoms with E-state index >= 15 is 0 Å². The van der Waals surface area contributed by atoms with Crippen molar-refractivity contribution in [3.63, 3.8) is 0 Å². The van der Waals surface area contributed by atoms with E-state index < -0.39 is 5.97 Å². The Hall–Kier alpha value is -1.51. The number of aliphatic carboxylic acids is 1. The smallest absolute Gasteiger partial charge is 0.303 e. The molecule has 136 valence electrons. The topological polar surface area (TPSA) is 57.5 Å². The van der Waals surface area contributed by atoms with E-state index in [-0.39, 0.29) is 17.3 Å². The van der Waals surface area contributed by atoms with Crippen LogP contribution in [0.25, 0.3) is 0 Å². The van der Waals surface area contributed by atoms with Crippen LogP contribution in [0.15, 0.2) is 12.1 Å². The average molecular weight is 335 g/mol. The van der Waals surface area contributed by atoms with E-state index in [0.29, 0.717) is 12.2 Å². The summed E-state index contributed by atoms with van der Waals surface area (Å²) in [6.45, 7) is 13.1. The zero-order valence-corrected chi connectivity index (χ0v) is 16.2. The van der Waals surface area contributed by atoms with Crippen molar-refractivity contribution in [2.75, 3.05) is 0 Å². The fourth-order valence-corrected chi connectivity index (χ4v) is 3.65. The highest BCUT2D eigenvalue weighted by Crippen LogP contribution is 2.42. The van der Waals surface area contributed by atoms with Gasteiger partial charge in [0.1, 0.15) is 5.75 Å². The molecule has 0 atom stereocenters. The number of phenols is 1. The first-order valence-corrected chi connectivity index (χ1v) is 9.03. The molecule has 0 bridgehead atoms. The molecule has 24 heavy (non-hydrogen) atoms. The molecule has 0 aromatic heterocycles. The van der Waals surface area contributed by atoms with Gasteiger partial charge in [-0.1, -0.05) is 60.1 Å². The van der Waals surface area contributed by atoms with E-state index in [1.54, 1.807) is 0 Å². The second-order valence-electron chi connectivity index (χ2n) is 8.77. The van der Waals surface area contributed by atoms with Crippen LogP contribution < -0.4 is 0 Å². The number of benzene rings is 1. The van der Waals surface area contributed by atoms with Gasteiger partial charge in [0.15, 0.2) is 0 Å². The minimum Gasteiger partial charge on any atom is -0.507 e. The van der Waals surface area contributed by atoms with E-state index in [2.05, 4.69) is 41.5 Å². The molecule has 0 unspecified atom stereocenters. The number of hydrogen-bond acceptors (Lipinski definition) is 2. The van der Waals surface area contributed by atoms with Gasteiger partial charge in [0, 0.05) is 12.0 Å². The van der Waals surface area contributed by atoms with Crippen molar-refractivity contribution in [3.8, 4) is 5.75 Å². The summed E-state index contributed by atoms with van der Waals surface area (Å²) in [7, 11) is 0. The van der Waals surface area contributed by atoms with Gasteiger partial charge in [-0.2, -0.15) is 0 Å². The van der Waals surface area contributed by atoms with Crippen LogP contribution in [0.5, 0.6) is 5.75 Å². The average Bonchev–Trinajstić information content (AvgIpc) is 2.41. The fraction of sp³-hybridized carbons (Fsp3) is 0.667. The van der Waals surface area contributed by atoms with Crippen LogP contribution >= 0.6 is 0 Å². The van der Waals surface area contributed by atoms with Gasteiger partial charge in [0.2, 0.25) is 0 Å². The molecule has 0 aliphatic heterocycles. The maximum absolute atomic E-state index is 10.9. The number of rotatable bonds is 8. The van der Waals surface area contributed by atoms with Gasteiger partial charge < -0.3 is 10.2 Å². The largest absolute Gasteiger partial charge is 0.507 e. The highest BCUT2D eigenvalue weighted by molar-refractivity contribution is 5.67. The van der Waals surface area contributed by atoms with Crippen molar-refractivity contribution in [2.24, 2.45) is 5.41 Å². The molecule has 0 spiro atoms. The molecule has 3 nitrogen and oxygen atoms in total. The maximum Gasteiger partial charge on any atom is 0.303 e. The minimum atomic E-state index is -0.784. The lowest BCUT2D eigenvalue weighted by atomic mass is 9.71. The molecule has 0 fully saturated rings. The zero-order chi connectivity index (χ0) is 18.5. The molecular weight excluding hydrogens is 300 g/mol. The van der Waals surface area contributed by atoms with Crippen LogP contribution in [0.3, 0.4) is 0 Å². The van der Waals surface area contributed by atoms with Crippen LogP contribution in [0.2, 0.25) is 0 Å². The summed E-state index contributed by atoms with van der Waals surface area (Å²) in [6.07, 6.45) is 4.50. The first-order valence-electron chi connectivity index (χ1n) is 9.03. The molecule has 2 N–H and O–H groups in total. The summed E-state index contributed by atoms with van der Waals surface area (Å²) in [5.74, 6) is -0.384. The Balaban J connectivity index is 3.29. The van der Waals surface area contributed by atoms with E-state index in [0.717, 1.165) is 42.4 Å². The Labute approximate surface area is 147 Å². The number of carboxylic acids is 1. The fourth-order valence-electron chi connectivity index (χ4n) is 3.65. The molecule has 0 aliphatic carbocycles. The number of carbonyl (C=O) groups is 1. The molecule has 0 saturated heterocycles. The van der Waals surface area contributed by atoms with Crippen molar-refractivity contribution in [1.29, 1.82) is 0 Å². The van der Waals surface area contributed by atoms with E-state index in [1.807, 2.05) is 12.1 Å². The van der Waals surface area contributed by atoms with Crippen molar-refractivity contribution >= 4 is 5.97 Å². The van der Waals surface area contributed by atoms with Crippen LogP contribution in [0.4, 0.5) is 0 Å². The SMILES string of the molecule is CCCCc1cc(CCC(=O)O)cc(C(C)(C)CC(C)(C)C)c1O. The number of phenolic OH excluding ortho intramolecular Hbond substituents is 1. The van der Waals surface area contributed by atoms with E-state index in [1.165, 1.54) is 0 Å². The third-order valence-electron chi connectivity index (χ3n) is 4.38. The second-order valence-corrected chi connectivity index (χ2v) is 8.77. The molecule has 0 saturated carbocycles. The predicted molar refractivity (Wildman–Crippen MR) is 99.8 cm³/mol. The number of hydrogen-bond donors (Lipinski definition) is 2. The lowest BCUT2D eigenvalue weighted by Crippen LogP contribution is -2.25. The summed E-state index contributed by atoms with van der Waals surface area (Å²) >= 11 is 0. The molecule has 3 heteroatoms. The molecule has 0 amide bonds. The lowest BCUT2D eigenvalue weighted by Gasteiger charge is -2.34. The van der Waals surface area contributed by atoms with Crippen LogP contribution in [0, 0.1) is 5.41 Å². The minimum absolute atomic E-state index is 0.122. The van der Waals surface area contributed by atoms with Gasteiger partial charge in [-0.25, -0.2) is 0 Å². The number of aromatic hydroxyl groups is 1. The Morgan fingerprint density at radius 3 is 2.21 bits per heavy atom. The predicted octanol–water partition coefficient (Wildman–Crippen LogP) is 5.47. The van der Waals surface area contributed by atoms with Crippen molar-refractivity contribution in [1.82, 2.24) is 0 Å². The summed E-state index contributed by atoms with van der Waals surface area (Å²) in [5.41, 5.74) is 2.90. The quantitative estimate of drug-likeness (QED) is 0.663. The van der Waals surface area contributed by atoms with Gasteiger partial charge in [-0.05, 0) is 47.6 Å². The van der Waals surface area contributed by atoms with Crippen LogP contribution in [0.1, 0.15) is 83.9 Å². The molecule has 0 heterocycles. The van der Waals surface area contributed by atoms with Gasteiger partial charge in [0.05, 0.1) is 0 Å². The number of unbranched alkanes of at least 4 members (excludes halogenated alkanes) is 1. The molecule has 1 aromatic rings. The Kier molecular flexibility index (Phi) is 6.88. The Morgan fingerprint density at radius 2 is 1.71 bits per heavy atom. The highest BCUT2D eigenvalue weighted by Gasteiger charge is 2.30. The zero-order valence-electron chi connectivity index (χ0n) is 16.2. The third kappa shape index (κ3) is 6.18. The van der Waals surface area contributed by atoms with E-state index in [9.17, 15) is 9.90 Å². The molecule has 1 aromatic carbocycles. The normalized spacial score (nSPS) is 12.4. The van der Waals surface area contributed by atoms with E-state index in [4.69, 9.17) is 5.11 Å². The summed E-state index contributed by atoms with van der Waals surface area (Å²) in [4.78, 5) is 10.9. The lowest BCUT2D eigenvalue weighted by molar-refractivity contribution is -0.136. The van der Waals surface area contributed by atoms with Crippen LogP contribution in [-0.4, -0.2) is 16.2 Å². The summed E-state index contributed by atoms with van der Waals surface area (Å²) in [6, 6.07) is 4.00. The highest BCUT2D eigenvalue weighted by atomic mass is 16.4. The Bertz CT molecular complexity index is 565. The molecule has 0 radical (unpaired) electrons. The number of carboxylic acid groups (broad SMARTS) is 1. The molecular formula is C21H34O3. The third-order valence-corrected chi connectivity index (χ3v) is 4.38. The second kappa shape index (κ2) is 8.04. The molecule has 1 rings (SSSR count). The van der Waals surface area contributed by atoms with Gasteiger partial charge in [-0.3, -0.25) is 4.79 Å².